The van der Waals surface area contributed by atoms with Gasteiger partial charge in [-0.2, -0.15) is 5.26 Å². The number of carbonyl (C=O) groups excluding carboxylic acids is 1. The molecule has 0 amide bonds. The molecule has 0 radical (unpaired) electrons. The summed E-state index contributed by atoms with van der Waals surface area (Å²) in [4.78, 5) is 14.2. The molecule has 1 aliphatic heterocycles. The van der Waals surface area contributed by atoms with Gasteiger partial charge in [-0.05, 0) is 25.0 Å². The van der Waals surface area contributed by atoms with E-state index >= 15 is 0 Å². The molecule has 1 saturated carbocycles. The predicted octanol–water partition coefficient (Wildman–Crippen LogP) is 2.77. The first-order valence-electron chi connectivity index (χ1n) is 6.48. The van der Waals surface area contributed by atoms with Crippen LogP contribution in [-0.2, 0) is 0 Å². The highest BCUT2D eigenvalue weighted by Gasteiger charge is 2.44. The third kappa shape index (κ3) is 1.88. The number of ketones is 1. The Morgan fingerprint density at radius 3 is 2.83 bits per heavy atom. The van der Waals surface area contributed by atoms with E-state index in [1.165, 1.54) is 0 Å². The van der Waals surface area contributed by atoms with Crippen LogP contribution in [0.15, 0.2) is 24.3 Å². The summed E-state index contributed by atoms with van der Waals surface area (Å²) < 4.78 is 0. The monoisotopic (exact) mass is 240 g/mol. The summed E-state index contributed by atoms with van der Waals surface area (Å²) in [6.07, 6.45) is 3.53. The second kappa shape index (κ2) is 4.13. The Bertz CT molecular complexity index is 526. The number of Topliss-reactive ketones (excluding diaryl/α,β-unsaturated/α-hetero) is 1. The summed E-state index contributed by atoms with van der Waals surface area (Å²) in [5.41, 5.74) is 2.09. The van der Waals surface area contributed by atoms with Gasteiger partial charge in [0.15, 0.2) is 5.78 Å². The molecule has 0 aromatic heterocycles. The van der Waals surface area contributed by atoms with Crippen molar-refractivity contribution in [2.45, 2.75) is 25.7 Å². The SMILES string of the molecule is N#CCC1(CN2CCC(=O)c3ccccc32)CC1. The first-order valence-corrected chi connectivity index (χ1v) is 6.48. The Kier molecular flexibility index (Phi) is 2.59. The van der Waals surface area contributed by atoms with Gasteiger partial charge in [0.05, 0.1) is 6.07 Å². The number of hydrogen-bond acceptors (Lipinski definition) is 3. The maximum Gasteiger partial charge on any atom is 0.166 e. The van der Waals surface area contributed by atoms with E-state index in [2.05, 4.69) is 11.0 Å². The summed E-state index contributed by atoms with van der Waals surface area (Å²) in [5, 5.41) is 8.89. The highest BCUT2D eigenvalue weighted by Crippen LogP contribution is 2.50. The molecule has 1 fully saturated rings. The molecule has 0 atom stereocenters. The van der Waals surface area contributed by atoms with Crippen LogP contribution < -0.4 is 4.90 Å². The van der Waals surface area contributed by atoms with Crippen LogP contribution in [0.4, 0.5) is 5.69 Å². The van der Waals surface area contributed by atoms with Gasteiger partial charge in [0.25, 0.3) is 0 Å². The van der Waals surface area contributed by atoms with Gasteiger partial charge in [-0.15, -0.1) is 0 Å². The number of fused-ring (bicyclic) bond motifs is 1. The summed E-state index contributed by atoms with van der Waals surface area (Å²) in [6.45, 7) is 1.72. The fraction of sp³-hybridized carbons (Fsp3) is 0.467. The highest BCUT2D eigenvalue weighted by molar-refractivity contribution is 6.03. The molecule has 1 aromatic carbocycles. The fourth-order valence-electron chi connectivity index (χ4n) is 2.78. The molecular formula is C15H16N2O. The quantitative estimate of drug-likeness (QED) is 0.816. The van der Waals surface area contributed by atoms with Gasteiger partial charge in [-0.25, -0.2) is 0 Å². The largest absolute Gasteiger partial charge is 0.370 e. The predicted molar refractivity (Wildman–Crippen MR) is 69.5 cm³/mol. The van der Waals surface area contributed by atoms with Crippen molar-refractivity contribution in [1.29, 1.82) is 5.26 Å². The van der Waals surface area contributed by atoms with Crippen molar-refractivity contribution < 1.29 is 4.79 Å². The van der Waals surface area contributed by atoms with Crippen LogP contribution in [0.2, 0.25) is 0 Å². The van der Waals surface area contributed by atoms with Gasteiger partial charge < -0.3 is 4.90 Å². The van der Waals surface area contributed by atoms with E-state index in [0.717, 1.165) is 37.2 Å². The lowest BCUT2D eigenvalue weighted by atomic mass is 9.96. The van der Waals surface area contributed by atoms with Crippen LogP contribution in [0.25, 0.3) is 0 Å². The maximum atomic E-state index is 11.9. The summed E-state index contributed by atoms with van der Waals surface area (Å²) in [5.74, 6) is 0.243. The minimum atomic E-state index is 0.197. The van der Waals surface area contributed by atoms with Gasteiger partial charge in [0.2, 0.25) is 0 Å². The van der Waals surface area contributed by atoms with Crippen LogP contribution in [0.1, 0.15) is 36.0 Å². The second-order valence-electron chi connectivity index (χ2n) is 5.45. The van der Waals surface area contributed by atoms with Gasteiger partial charge in [-0.3, -0.25) is 4.79 Å². The number of carbonyl (C=O) groups is 1. The Morgan fingerprint density at radius 2 is 2.11 bits per heavy atom. The van der Waals surface area contributed by atoms with Crippen molar-refractivity contribution in [1.82, 2.24) is 0 Å². The first kappa shape index (κ1) is 11.3. The first-order chi connectivity index (χ1) is 8.74. The number of nitriles is 1. The van der Waals surface area contributed by atoms with Crippen molar-refractivity contribution in [3.63, 3.8) is 0 Å². The Labute approximate surface area is 107 Å². The Balaban J connectivity index is 1.85. The third-order valence-corrected chi connectivity index (χ3v) is 4.09. The molecule has 0 unspecified atom stereocenters. The van der Waals surface area contributed by atoms with Gasteiger partial charge in [0, 0.05) is 42.6 Å². The van der Waals surface area contributed by atoms with Crippen LogP contribution in [-0.4, -0.2) is 18.9 Å². The van der Waals surface area contributed by atoms with Gasteiger partial charge >= 0.3 is 0 Å². The van der Waals surface area contributed by atoms with Gasteiger partial charge in [0.1, 0.15) is 0 Å². The molecule has 0 spiro atoms. The highest BCUT2D eigenvalue weighted by atomic mass is 16.1. The Hall–Kier alpha value is -1.82. The molecule has 1 aliphatic carbocycles. The van der Waals surface area contributed by atoms with E-state index in [1.54, 1.807) is 0 Å². The van der Waals surface area contributed by atoms with Crippen molar-refractivity contribution in [3.05, 3.63) is 29.8 Å². The molecule has 3 heteroatoms. The smallest absolute Gasteiger partial charge is 0.166 e. The molecule has 0 saturated heterocycles. The van der Waals surface area contributed by atoms with Crippen molar-refractivity contribution >= 4 is 11.5 Å². The van der Waals surface area contributed by atoms with Crippen molar-refractivity contribution in [2.75, 3.05) is 18.0 Å². The standard InChI is InChI=1S/C15H16N2O/c16-9-8-15(6-7-15)11-17-10-5-14(18)12-3-1-2-4-13(12)17/h1-4H,5-8,10-11H2. The molecular weight excluding hydrogens is 224 g/mol. The number of hydrogen-bond donors (Lipinski definition) is 0. The molecule has 92 valence electrons. The second-order valence-corrected chi connectivity index (χ2v) is 5.45. The summed E-state index contributed by atoms with van der Waals surface area (Å²) in [6, 6.07) is 10.1. The number of anilines is 1. The van der Waals surface area contributed by atoms with Gasteiger partial charge in [-0.1, -0.05) is 12.1 Å². The molecule has 0 bridgehead atoms. The molecule has 1 aromatic rings. The average Bonchev–Trinajstić information content (AvgIpc) is 3.14. The molecule has 1 heterocycles. The van der Waals surface area contributed by atoms with E-state index in [1.807, 2.05) is 24.3 Å². The molecule has 2 aliphatic rings. The minimum absolute atomic E-state index is 0.197. The normalized spacial score (nSPS) is 20.2. The zero-order valence-electron chi connectivity index (χ0n) is 10.4. The summed E-state index contributed by atoms with van der Waals surface area (Å²) >= 11 is 0. The van der Waals surface area contributed by atoms with Crippen molar-refractivity contribution in [3.8, 4) is 6.07 Å². The number of para-hydroxylation sites is 1. The number of nitrogens with zero attached hydrogens (tertiary/aromatic N) is 2. The van der Waals surface area contributed by atoms with E-state index < -0.39 is 0 Å². The summed E-state index contributed by atoms with van der Waals surface area (Å²) in [7, 11) is 0. The number of rotatable bonds is 3. The lowest BCUT2D eigenvalue weighted by molar-refractivity contribution is 0.0979. The van der Waals surface area contributed by atoms with Crippen LogP contribution in [0.3, 0.4) is 0 Å². The maximum absolute atomic E-state index is 11.9. The van der Waals surface area contributed by atoms with E-state index in [-0.39, 0.29) is 11.2 Å². The molecule has 0 N–H and O–H groups in total. The van der Waals surface area contributed by atoms with E-state index in [0.29, 0.717) is 12.8 Å². The third-order valence-electron chi connectivity index (χ3n) is 4.09. The Morgan fingerprint density at radius 1 is 1.33 bits per heavy atom. The number of benzene rings is 1. The van der Waals surface area contributed by atoms with Crippen LogP contribution in [0, 0.1) is 16.7 Å². The zero-order valence-corrected chi connectivity index (χ0v) is 10.4. The minimum Gasteiger partial charge on any atom is -0.370 e. The molecule has 3 rings (SSSR count). The topological polar surface area (TPSA) is 44.1 Å². The van der Waals surface area contributed by atoms with Crippen molar-refractivity contribution in [2.24, 2.45) is 5.41 Å². The van der Waals surface area contributed by atoms with E-state index in [4.69, 9.17) is 5.26 Å². The lowest BCUT2D eigenvalue weighted by Crippen LogP contribution is -2.36. The van der Waals surface area contributed by atoms with E-state index in [9.17, 15) is 4.79 Å². The molecule has 3 nitrogen and oxygen atoms in total. The van der Waals surface area contributed by atoms with Crippen LogP contribution in [0.5, 0.6) is 0 Å². The fourth-order valence-corrected chi connectivity index (χ4v) is 2.78. The molecule has 18 heavy (non-hydrogen) atoms. The average molecular weight is 240 g/mol. The van der Waals surface area contributed by atoms with Crippen LogP contribution >= 0.6 is 0 Å². The lowest BCUT2D eigenvalue weighted by Gasteiger charge is -2.33. The zero-order chi connectivity index (χ0) is 12.6.